The minimum atomic E-state index is -0.676. The van der Waals surface area contributed by atoms with E-state index in [9.17, 15) is 9.59 Å². The first-order chi connectivity index (χ1) is 20.6. The van der Waals surface area contributed by atoms with Gasteiger partial charge in [0.2, 0.25) is 0 Å². The average molecular weight is 817 g/mol. The summed E-state index contributed by atoms with van der Waals surface area (Å²) in [5, 5.41) is 3.07. The molecule has 1 aliphatic rings. The lowest BCUT2D eigenvalue weighted by Gasteiger charge is -2.25. The number of benzene rings is 3. The normalized spacial score (nSPS) is 14.7. The number of aryl methyl sites for hydroxylation is 2. The zero-order chi connectivity index (χ0) is 30.8. The van der Waals surface area contributed by atoms with Crippen molar-refractivity contribution in [1.29, 1.82) is 0 Å². The van der Waals surface area contributed by atoms with Gasteiger partial charge < -0.3 is 14.8 Å². The van der Waals surface area contributed by atoms with E-state index in [1.54, 1.807) is 17.8 Å². The van der Waals surface area contributed by atoms with E-state index in [1.165, 1.54) is 11.3 Å². The molecule has 1 N–H and O–H groups in total. The molecule has 0 fully saturated rings. The van der Waals surface area contributed by atoms with Gasteiger partial charge in [-0.2, -0.15) is 0 Å². The van der Waals surface area contributed by atoms with Gasteiger partial charge in [0.15, 0.2) is 4.80 Å². The highest BCUT2D eigenvalue weighted by Crippen LogP contribution is 2.33. The van der Waals surface area contributed by atoms with Gasteiger partial charge in [-0.25, -0.2) is 4.99 Å². The van der Waals surface area contributed by atoms with Gasteiger partial charge in [-0.05, 0) is 119 Å². The van der Waals surface area contributed by atoms with Gasteiger partial charge in [0, 0.05) is 5.69 Å². The molecule has 0 aliphatic carbocycles. The number of carbonyl (C=O) groups is 1. The number of anilines is 1. The standard InChI is InChI=1S/C33H29I2N3O4S/c1-6-13-42-30-24(34)15-21(16-25(30)35)17-27-32(40)38-29(22-8-10-23(41-5)11-9-22)28(20(4)36-33(38)43-27)31(39)37-26-12-7-18(2)14-19(26)3/h6-12,14-17,29H,1,13H2,2-5H3,(H,37,39)/b27-17+/t29-/m0/s1. The third-order valence-corrected chi connectivity index (χ3v) is 9.58. The van der Waals surface area contributed by atoms with Gasteiger partial charge in [0.25, 0.3) is 11.5 Å². The second-order valence-electron chi connectivity index (χ2n) is 10.0. The highest BCUT2D eigenvalue weighted by Gasteiger charge is 2.32. The Labute approximate surface area is 280 Å². The first-order valence-corrected chi connectivity index (χ1v) is 16.4. The summed E-state index contributed by atoms with van der Waals surface area (Å²) in [4.78, 5) is 33.3. The second-order valence-corrected chi connectivity index (χ2v) is 13.4. The van der Waals surface area contributed by atoms with Crippen molar-refractivity contribution in [2.24, 2.45) is 4.99 Å². The molecule has 1 atom stereocenters. The van der Waals surface area contributed by atoms with Gasteiger partial charge in [-0.15, -0.1) is 0 Å². The zero-order valence-electron chi connectivity index (χ0n) is 24.0. The Morgan fingerprint density at radius 1 is 1.09 bits per heavy atom. The third-order valence-electron chi connectivity index (χ3n) is 6.99. The molecule has 4 aromatic rings. The number of halogens is 2. The number of thiazole rings is 1. The van der Waals surface area contributed by atoms with Crippen LogP contribution in [0.1, 0.15) is 35.2 Å². The van der Waals surface area contributed by atoms with Gasteiger partial charge in [-0.1, -0.05) is 53.8 Å². The maximum Gasteiger partial charge on any atom is 0.271 e. The quantitative estimate of drug-likeness (QED) is 0.168. The number of nitrogens with one attached hydrogen (secondary N) is 1. The van der Waals surface area contributed by atoms with Crippen LogP contribution in [0.3, 0.4) is 0 Å². The van der Waals surface area contributed by atoms with E-state index in [1.807, 2.05) is 81.4 Å². The molecule has 10 heteroatoms. The summed E-state index contributed by atoms with van der Waals surface area (Å²) in [6.07, 6.45) is 3.57. The Balaban J connectivity index is 1.63. The van der Waals surface area contributed by atoms with E-state index >= 15 is 0 Å². The smallest absolute Gasteiger partial charge is 0.271 e. The lowest BCUT2D eigenvalue weighted by molar-refractivity contribution is -0.113. The monoisotopic (exact) mass is 817 g/mol. The molecule has 3 aromatic carbocycles. The minimum Gasteiger partial charge on any atom is -0.497 e. The molecule has 43 heavy (non-hydrogen) atoms. The number of nitrogens with zero attached hydrogens (tertiary/aromatic N) is 2. The van der Waals surface area contributed by atoms with Crippen LogP contribution in [0.4, 0.5) is 5.69 Å². The number of ether oxygens (including phenoxy) is 2. The van der Waals surface area contributed by atoms with Gasteiger partial charge >= 0.3 is 0 Å². The molecule has 0 saturated heterocycles. The van der Waals surface area contributed by atoms with Crippen LogP contribution in [0.25, 0.3) is 6.08 Å². The van der Waals surface area contributed by atoms with E-state index in [-0.39, 0.29) is 11.5 Å². The van der Waals surface area contributed by atoms with Crippen molar-refractivity contribution in [1.82, 2.24) is 4.57 Å². The molecule has 1 aromatic heterocycles. The first kappa shape index (κ1) is 31.2. The zero-order valence-corrected chi connectivity index (χ0v) is 29.2. The summed E-state index contributed by atoms with van der Waals surface area (Å²) in [6.45, 7) is 9.92. The Kier molecular flexibility index (Phi) is 9.57. The molecular formula is C33H29I2N3O4S. The van der Waals surface area contributed by atoms with E-state index in [0.717, 1.165) is 35.1 Å². The molecule has 0 spiro atoms. The predicted octanol–water partition coefficient (Wildman–Crippen LogP) is 6.27. The van der Waals surface area contributed by atoms with Crippen LogP contribution in [0.5, 0.6) is 11.5 Å². The van der Waals surface area contributed by atoms with Crippen LogP contribution < -0.4 is 29.7 Å². The van der Waals surface area contributed by atoms with Crippen molar-refractivity contribution in [3.05, 3.63) is 128 Å². The predicted molar refractivity (Wildman–Crippen MR) is 189 cm³/mol. The van der Waals surface area contributed by atoms with E-state index in [4.69, 9.17) is 14.5 Å². The summed E-state index contributed by atoms with van der Waals surface area (Å²) in [6, 6.07) is 16.6. The van der Waals surface area contributed by atoms with Crippen molar-refractivity contribution in [2.45, 2.75) is 26.8 Å². The molecule has 5 rings (SSSR count). The number of allylic oxidation sites excluding steroid dienone is 1. The Morgan fingerprint density at radius 2 is 1.79 bits per heavy atom. The lowest BCUT2D eigenvalue weighted by Crippen LogP contribution is -2.40. The van der Waals surface area contributed by atoms with Crippen molar-refractivity contribution >= 4 is 74.2 Å². The summed E-state index contributed by atoms with van der Waals surface area (Å²) < 4.78 is 15.2. The summed E-state index contributed by atoms with van der Waals surface area (Å²) >= 11 is 5.78. The number of hydrogen-bond acceptors (Lipinski definition) is 6. The van der Waals surface area contributed by atoms with Crippen LogP contribution in [-0.2, 0) is 4.79 Å². The van der Waals surface area contributed by atoms with Gasteiger partial charge in [0.05, 0.1) is 36.1 Å². The molecular weight excluding hydrogens is 788 g/mol. The maximum atomic E-state index is 14.1. The van der Waals surface area contributed by atoms with Gasteiger partial charge in [0.1, 0.15) is 18.1 Å². The highest BCUT2D eigenvalue weighted by molar-refractivity contribution is 14.1. The molecule has 220 valence electrons. The molecule has 2 heterocycles. The van der Waals surface area contributed by atoms with Crippen molar-refractivity contribution < 1.29 is 14.3 Å². The topological polar surface area (TPSA) is 81.9 Å². The molecule has 1 amide bonds. The fourth-order valence-electron chi connectivity index (χ4n) is 4.95. The lowest BCUT2D eigenvalue weighted by atomic mass is 9.95. The fraction of sp³-hybridized carbons (Fsp3) is 0.182. The molecule has 0 bridgehead atoms. The number of amides is 1. The SMILES string of the molecule is C=CCOc1c(I)cc(/C=c2/sc3n(c2=O)[C@@H](c2ccc(OC)cc2)C(C(=O)Nc2ccc(C)cc2C)=C(C)N=3)cc1I. The number of aromatic nitrogens is 1. The molecule has 0 radical (unpaired) electrons. The van der Waals surface area contributed by atoms with E-state index in [0.29, 0.717) is 38.6 Å². The number of carbonyl (C=O) groups excluding carboxylic acids is 1. The Bertz CT molecular complexity index is 1940. The molecule has 0 unspecified atom stereocenters. The number of fused-ring (bicyclic) bond motifs is 1. The van der Waals surface area contributed by atoms with Crippen molar-refractivity contribution in [3.63, 3.8) is 0 Å². The molecule has 7 nitrogen and oxygen atoms in total. The van der Waals surface area contributed by atoms with Crippen LogP contribution in [0.2, 0.25) is 0 Å². The van der Waals surface area contributed by atoms with E-state index in [2.05, 4.69) is 57.1 Å². The Morgan fingerprint density at radius 3 is 2.42 bits per heavy atom. The number of hydrogen-bond donors (Lipinski definition) is 1. The van der Waals surface area contributed by atoms with Gasteiger partial charge in [-0.3, -0.25) is 14.2 Å². The average Bonchev–Trinajstić information content (AvgIpc) is 3.27. The first-order valence-electron chi connectivity index (χ1n) is 13.4. The third kappa shape index (κ3) is 6.50. The van der Waals surface area contributed by atoms with Crippen LogP contribution in [-0.4, -0.2) is 24.2 Å². The number of methoxy groups -OCH3 is 1. The summed E-state index contributed by atoms with van der Waals surface area (Å²) in [5.74, 6) is 1.17. The summed E-state index contributed by atoms with van der Waals surface area (Å²) in [7, 11) is 1.60. The van der Waals surface area contributed by atoms with Crippen LogP contribution in [0.15, 0.2) is 88.3 Å². The second kappa shape index (κ2) is 13.2. The molecule has 0 saturated carbocycles. The Hall–Kier alpha value is -3.23. The fourth-order valence-corrected chi connectivity index (χ4v) is 8.13. The van der Waals surface area contributed by atoms with Crippen molar-refractivity contribution in [3.8, 4) is 11.5 Å². The number of rotatable bonds is 8. The van der Waals surface area contributed by atoms with Crippen LogP contribution >= 0.6 is 56.5 Å². The van der Waals surface area contributed by atoms with Crippen LogP contribution in [0, 0.1) is 21.0 Å². The molecule has 1 aliphatic heterocycles. The summed E-state index contributed by atoms with van der Waals surface area (Å²) in [5.41, 5.74) is 5.18. The largest absolute Gasteiger partial charge is 0.497 e. The highest BCUT2D eigenvalue weighted by atomic mass is 127. The van der Waals surface area contributed by atoms with Crippen molar-refractivity contribution in [2.75, 3.05) is 19.0 Å². The van der Waals surface area contributed by atoms with E-state index < -0.39 is 6.04 Å². The maximum absolute atomic E-state index is 14.1. The minimum absolute atomic E-state index is 0.217.